The van der Waals surface area contributed by atoms with Gasteiger partial charge in [-0.1, -0.05) is 36.9 Å². The summed E-state index contributed by atoms with van der Waals surface area (Å²) in [5.74, 6) is -0.132. The fraction of sp³-hybridized carbons (Fsp3) is 0.429. The molecular weight excluding hydrogens is 244 g/mol. The van der Waals surface area contributed by atoms with Crippen LogP contribution in [0.4, 0.5) is 0 Å². The van der Waals surface area contributed by atoms with Crippen molar-refractivity contribution in [2.75, 3.05) is 13.2 Å². The number of ether oxygens (including phenoxy) is 2. The van der Waals surface area contributed by atoms with E-state index in [0.717, 1.165) is 5.56 Å². The molecule has 0 aliphatic carbocycles. The summed E-state index contributed by atoms with van der Waals surface area (Å²) in [6.07, 6.45) is 1.83. The zero-order valence-electron chi connectivity index (χ0n) is 11.2. The van der Waals surface area contributed by atoms with E-state index in [1.54, 1.807) is 0 Å². The molecule has 1 aromatic rings. The highest BCUT2D eigenvalue weighted by Crippen LogP contribution is 2.07. The molecule has 1 aromatic carbocycles. The Hall–Kier alpha value is -0.943. The lowest BCUT2D eigenvalue weighted by Gasteiger charge is -2.16. The van der Waals surface area contributed by atoms with Crippen LogP contribution in [0, 0.1) is 0 Å². The van der Waals surface area contributed by atoms with Gasteiger partial charge in [-0.2, -0.15) is 0 Å². The SMILES string of the molecule is C=Cc1ccc(CO[SiH2]C(OCC)OCC)cc1. The highest BCUT2D eigenvalue weighted by molar-refractivity contribution is 6.28. The molecule has 18 heavy (non-hydrogen) atoms. The summed E-state index contributed by atoms with van der Waals surface area (Å²) in [5.41, 5.74) is 2.29. The van der Waals surface area contributed by atoms with Gasteiger partial charge in [0, 0.05) is 13.2 Å². The lowest BCUT2D eigenvalue weighted by Crippen LogP contribution is -2.26. The molecule has 0 N–H and O–H groups in total. The van der Waals surface area contributed by atoms with Gasteiger partial charge in [0.15, 0.2) is 5.91 Å². The highest BCUT2D eigenvalue weighted by atomic mass is 28.2. The van der Waals surface area contributed by atoms with Gasteiger partial charge in [0.05, 0.1) is 6.61 Å². The standard InChI is InChI=1S/C14H22O3Si/c1-4-12-7-9-13(10-8-12)11-17-18-14(15-5-2)16-6-3/h4,7-10,14H,1,5-6,11,18H2,2-3H3. The van der Waals surface area contributed by atoms with Gasteiger partial charge in [-0.05, 0) is 25.0 Å². The minimum absolute atomic E-state index is 0.132. The Balaban J connectivity index is 2.32. The maximum Gasteiger partial charge on any atom is 0.224 e. The van der Waals surface area contributed by atoms with E-state index in [0.29, 0.717) is 19.8 Å². The average Bonchev–Trinajstić information content (AvgIpc) is 2.40. The molecule has 0 aliphatic rings. The molecule has 100 valence electrons. The number of benzene rings is 1. The third-order valence-electron chi connectivity index (χ3n) is 2.44. The number of hydrogen-bond donors (Lipinski definition) is 0. The molecular formula is C14H22O3Si. The smallest absolute Gasteiger partial charge is 0.224 e. The second kappa shape index (κ2) is 9.05. The van der Waals surface area contributed by atoms with E-state index in [-0.39, 0.29) is 5.91 Å². The summed E-state index contributed by atoms with van der Waals surface area (Å²) >= 11 is 0. The van der Waals surface area contributed by atoms with E-state index in [9.17, 15) is 0 Å². The van der Waals surface area contributed by atoms with Crippen molar-refractivity contribution in [2.45, 2.75) is 26.4 Å². The first-order valence-corrected chi connectivity index (χ1v) is 7.71. The molecule has 0 spiro atoms. The van der Waals surface area contributed by atoms with Gasteiger partial charge >= 0.3 is 0 Å². The van der Waals surface area contributed by atoms with Crippen molar-refractivity contribution in [3.8, 4) is 0 Å². The zero-order chi connectivity index (χ0) is 13.2. The summed E-state index contributed by atoms with van der Waals surface area (Å²) in [7, 11) is -0.820. The Kier molecular flexibility index (Phi) is 7.60. The van der Waals surface area contributed by atoms with Crippen LogP contribution < -0.4 is 0 Å². The molecule has 0 aromatic heterocycles. The molecule has 0 fully saturated rings. The molecule has 0 saturated carbocycles. The van der Waals surface area contributed by atoms with Gasteiger partial charge < -0.3 is 13.9 Å². The van der Waals surface area contributed by atoms with E-state index < -0.39 is 9.76 Å². The first kappa shape index (κ1) is 15.1. The van der Waals surface area contributed by atoms with Crippen molar-refractivity contribution in [3.05, 3.63) is 42.0 Å². The molecule has 0 aliphatic heterocycles. The Bertz CT molecular complexity index is 331. The molecule has 0 bridgehead atoms. The number of hydrogen-bond acceptors (Lipinski definition) is 3. The van der Waals surface area contributed by atoms with E-state index in [1.165, 1.54) is 5.56 Å². The van der Waals surface area contributed by atoms with Crippen LogP contribution in [-0.4, -0.2) is 28.9 Å². The van der Waals surface area contributed by atoms with Crippen LogP contribution in [0.3, 0.4) is 0 Å². The summed E-state index contributed by atoms with van der Waals surface area (Å²) in [5, 5.41) is 0. The van der Waals surface area contributed by atoms with Crippen molar-refractivity contribution < 1.29 is 13.9 Å². The minimum Gasteiger partial charge on any atom is -0.414 e. The summed E-state index contributed by atoms with van der Waals surface area (Å²) in [4.78, 5) is 0. The van der Waals surface area contributed by atoms with E-state index in [4.69, 9.17) is 13.9 Å². The molecule has 0 atom stereocenters. The van der Waals surface area contributed by atoms with Gasteiger partial charge in [0.25, 0.3) is 0 Å². The van der Waals surface area contributed by atoms with Crippen LogP contribution in [0.2, 0.25) is 0 Å². The maximum atomic E-state index is 5.72. The zero-order valence-corrected chi connectivity index (χ0v) is 12.6. The van der Waals surface area contributed by atoms with E-state index >= 15 is 0 Å². The van der Waals surface area contributed by atoms with Gasteiger partial charge in [-0.25, -0.2) is 0 Å². The monoisotopic (exact) mass is 266 g/mol. The van der Waals surface area contributed by atoms with Crippen LogP contribution in [-0.2, 0) is 20.5 Å². The van der Waals surface area contributed by atoms with Gasteiger partial charge in [-0.15, -0.1) is 0 Å². The second-order valence-corrected chi connectivity index (χ2v) is 5.21. The van der Waals surface area contributed by atoms with Crippen molar-refractivity contribution in [3.63, 3.8) is 0 Å². The summed E-state index contributed by atoms with van der Waals surface area (Å²) in [6, 6.07) is 8.19. The lowest BCUT2D eigenvalue weighted by atomic mass is 10.1. The maximum absolute atomic E-state index is 5.72. The first-order valence-electron chi connectivity index (χ1n) is 6.32. The van der Waals surface area contributed by atoms with Crippen molar-refractivity contribution in [1.29, 1.82) is 0 Å². The fourth-order valence-electron chi connectivity index (χ4n) is 1.54. The summed E-state index contributed by atoms with van der Waals surface area (Å²) < 4.78 is 16.6. The Morgan fingerprint density at radius 3 is 2.28 bits per heavy atom. The predicted octanol–water partition coefficient (Wildman–Crippen LogP) is 2.29. The quantitative estimate of drug-likeness (QED) is 0.507. The third-order valence-corrected chi connectivity index (χ3v) is 3.63. The van der Waals surface area contributed by atoms with Crippen LogP contribution >= 0.6 is 0 Å². The van der Waals surface area contributed by atoms with Crippen LogP contribution in [0.1, 0.15) is 25.0 Å². The highest BCUT2D eigenvalue weighted by Gasteiger charge is 2.08. The third kappa shape index (κ3) is 5.60. The molecule has 1 rings (SSSR count). The Morgan fingerprint density at radius 1 is 1.17 bits per heavy atom. The second-order valence-electron chi connectivity index (χ2n) is 3.80. The lowest BCUT2D eigenvalue weighted by molar-refractivity contribution is -0.0903. The van der Waals surface area contributed by atoms with E-state index in [1.807, 2.05) is 32.1 Å². The minimum atomic E-state index is -0.820. The molecule has 0 unspecified atom stereocenters. The molecule has 4 heteroatoms. The largest absolute Gasteiger partial charge is 0.414 e. The van der Waals surface area contributed by atoms with Crippen LogP contribution in [0.5, 0.6) is 0 Å². The van der Waals surface area contributed by atoms with Crippen molar-refractivity contribution in [2.24, 2.45) is 0 Å². The number of rotatable bonds is 9. The van der Waals surface area contributed by atoms with Gasteiger partial charge in [0.2, 0.25) is 9.76 Å². The first-order chi connectivity index (χ1) is 8.80. The fourth-order valence-corrected chi connectivity index (χ4v) is 2.75. The van der Waals surface area contributed by atoms with Crippen LogP contribution in [0.15, 0.2) is 30.8 Å². The van der Waals surface area contributed by atoms with Crippen molar-refractivity contribution >= 4 is 15.8 Å². The normalized spacial score (nSPS) is 11.5. The van der Waals surface area contributed by atoms with E-state index in [2.05, 4.69) is 18.7 Å². The van der Waals surface area contributed by atoms with Gasteiger partial charge in [-0.3, -0.25) is 0 Å². The molecule has 0 amide bonds. The molecule has 0 heterocycles. The molecule has 0 saturated heterocycles. The average molecular weight is 266 g/mol. The van der Waals surface area contributed by atoms with Crippen molar-refractivity contribution in [1.82, 2.24) is 0 Å². The topological polar surface area (TPSA) is 27.7 Å². The Labute approximate surface area is 112 Å². The molecule has 0 radical (unpaired) electrons. The van der Waals surface area contributed by atoms with Crippen LogP contribution in [0.25, 0.3) is 6.08 Å². The van der Waals surface area contributed by atoms with Gasteiger partial charge in [0.1, 0.15) is 0 Å². The summed E-state index contributed by atoms with van der Waals surface area (Å²) in [6.45, 7) is 9.61. The predicted molar refractivity (Wildman–Crippen MR) is 76.9 cm³/mol. The molecule has 3 nitrogen and oxygen atoms in total. The Morgan fingerprint density at radius 2 is 1.78 bits per heavy atom.